The predicted octanol–water partition coefficient (Wildman–Crippen LogP) is 2.82. The number of benzene rings is 2. The molecule has 0 saturated carbocycles. The van der Waals surface area contributed by atoms with Gasteiger partial charge in [0, 0.05) is 29.0 Å². The highest BCUT2D eigenvalue weighted by Gasteiger charge is 2.50. The Labute approximate surface area is 201 Å². The zero-order valence-electron chi connectivity index (χ0n) is 19.1. The van der Waals surface area contributed by atoms with Crippen molar-refractivity contribution < 1.29 is 29.0 Å². The Balaban J connectivity index is 1.23. The van der Waals surface area contributed by atoms with E-state index in [0.29, 0.717) is 24.5 Å². The van der Waals surface area contributed by atoms with Crippen molar-refractivity contribution in [3.05, 3.63) is 71.4 Å². The quantitative estimate of drug-likeness (QED) is 0.537. The van der Waals surface area contributed by atoms with Crippen molar-refractivity contribution in [3.8, 4) is 5.75 Å². The van der Waals surface area contributed by atoms with E-state index in [1.165, 1.54) is 0 Å². The maximum atomic E-state index is 11.7. The molecule has 9 heteroatoms. The fourth-order valence-corrected chi connectivity index (χ4v) is 4.77. The molecule has 5 rings (SSSR count). The number of carbonyl (C=O) groups excluding carboxylic acids is 1. The number of carbonyl (C=O) groups is 2. The number of fused-ring (bicyclic) bond motifs is 1. The number of amides is 1. The van der Waals surface area contributed by atoms with Gasteiger partial charge in [-0.05, 0) is 48.9 Å². The number of oxime groups is 1. The number of rotatable bonds is 7. The summed E-state index contributed by atoms with van der Waals surface area (Å²) < 4.78 is 11.4. The van der Waals surface area contributed by atoms with Gasteiger partial charge in [0.25, 0.3) is 0 Å². The third-order valence-corrected chi connectivity index (χ3v) is 6.50. The highest BCUT2D eigenvalue weighted by atomic mass is 16.6. The number of hydrogen-bond donors (Lipinski definition) is 2. The van der Waals surface area contributed by atoms with Crippen molar-refractivity contribution in [1.29, 1.82) is 0 Å². The number of aliphatic carboxylic acids is 1. The Morgan fingerprint density at radius 3 is 2.69 bits per heavy atom. The van der Waals surface area contributed by atoms with E-state index in [-0.39, 0.29) is 6.61 Å². The second kappa shape index (κ2) is 9.34. The van der Waals surface area contributed by atoms with Crippen molar-refractivity contribution >= 4 is 28.5 Å². The second-order valence-corrected chi connectivity index (χ2v) is 8.82. The largest absolute Gasteiger partial charge is 0.489 e. The zero-order valence-corrected chi connectivity index (χ0v) is 19.1. The molecule has 4 unspecified atom stereocenters. The SMILES string of the molecule is Cc1cc(COc2ccc(C3=NOC(C4COC(C(N)=O)C4C(=O)O)C3)cc2)c2ccccc2n1. The van der Waals surface area contributed by atoms with E-state index >= 15 is 0 Å². The highest BCUT2D eigenvalue weighted by molar-refractivity contribution is 6.01. The van der Waals surface area contributed by atoms with E-state index in [2.05, 4.69) is 10.1 Å². The normalized spacial score (nSPS) is 23.6. The fraction of sp³-hybridized carbons (Fsp3) is 0.308. The summed E-state index contributed by atoms with van der Waals surface area (Å²) >= 11 is 0. The van der Waals surface area contributed by atoms with E-state index in [0.717, 1.165) is 27.7 Å². The number of carboxylic acids is 1. The number of aromatic nitrogens is 1. The van der Waals surface area contributed by atoms with Crippen LogP contribution in [0.2, 0.25) is 0 Å². The second-order valence-electron chi connectivity index (χ2n) is 8.82. The number of hydrogen-bond acceptors (Lipinski definition) is 7. The number of ether oxygens (including phenoxy) is 2. The van der Waals surface area contributed by atoms with Crippen molar-refractivity contribution in [2.45, 2.75) is 32.2 Å². The number of nitrogens with zero attached hydrogens (tertiary/aromatic N) is 2. The molecule has 3 N–H and O–H groups in total. The van der Waals surface area contributed by atoms with Crippen LogP contribution in [0.4, 0.5) is 0 Å². The first-order valence-corrected chi connectivity index (χ1v) is 11.4. The lowest BCUT2D eigenvalue weighted by molar-refractivity contribution is -0.149. The van der Waals surface area contributed by atoms with E-state index in [1.807, 2.05) is 61.5 Å². The van der Waals surface area contributed by atoms with E-state index in [4.69, 9.17) is 20.0 Å². The molecule has 0 spiro atoms. The van der Waals surface area contributed by atoms with Crippen molar-refractivity contribution in [3.63, 3.8) is 0 Å². The average molecular weight is 476 g/mol. The maximum Gasteiger partial charge on any atom is 0.310 e. The molecule has 1 aromatic heterocycles. The lowest BCUT2D eigenvalue weighted by Crippen LogP contribution is -2.41. The summed E-state index contributed by atoms with van der Waals surface area (Å²) in [6.45, 7) is 2.45. The minimum Gasteiger partial charge on any atom is -0.489 e. The van der Waals surface area contributed by atoms with Gasteiger partial charge in [0.1, 0.15) is 30.5 Å². The first-order chi connectivity index (χ1) is 16.9. The Morgan fingerprint density at radius 1 is 1.17 bits per heavy atom. The molecule has 2 aliphatic rings. The molecule has 2 aliphatic heterocycles. The molecular formula is C26H25N3O6. The minimum absolute atomic E-state index is 0.0774. The van der Waals surface area contributed by atoms with Gasteiger partial charge in [-0.3, -0.25) is 14.6 Å². The number of pyridine rings is 1. The van der Waals surface area contributed by atoms with Crippen LogP contribution in [0.1, 0.15) is 23.2 Å². The van der Waals surface area contributed by atoms with Crippen molar-refractivity contribution in [2.75, 3.05) is 6.61 Å². The van der Waals surface area contributed by atoms with Crippen LogP contribution < -0.4 is 10.5 Å². The third-order valence-electron chi connectivity index (χ3n) is 6.50. The van der Waals surface area contributed by atoms with Gasteiger partial charge in [-0.1, -0.05) is 23.4 Å². The van der Waals surface area contributed by atoms with Crippen molar-refractivity contribution in [2.24, 2.45) is 22.7 Å². The summed E-state index contributed by atoms with van der Waals surface area (Å²) in [6, 6.07) is 17.5. The van der Waals surface area contributed by atoms with Crippen LogP contribution in [0.3, 0.4) is 0 Å². The van der Waals surface area contributed by atoms with Crippen LogP contribution in [-0.4, -0.2) is 46.5 Å². The molecule has 35 heavy (non-hydrogen) atoms. The number of para-hydroxylation sites is 1. The molecule has 9 nitrogen and oxygen atoms in total. The highest BCUT2D eigenvalue weighted by Crippen LogP contribution is 2.35. The Bertz CT molecular complexity index is 1310. The predicted molar refractivity (Wildman–Crippen MR) is 127 cm³/mol. The molecule has 2 aromatic carbocycles. The first-order valence-electron chi connectivity index (χ1n) is 11.4. The molecule has 0 bridgehead atoms. The summed E-state index contributed by atoms with van der Waals surface area (Å²) in [5.74, 6) is -2.79. The van der Waals surface area contributed by atoms with Gasteiger partial charge >= 0.3 is 5.97 Å². The Hall–Kier alpha value is -3.98. The molecule has 0 radical (unpaired) electrons. The number of aryl methyl sites for hydroxylation is 1. The lowest BCUT2D eigenvalue weighted by atomic mass is 9.84. The van der Waals surface area contributed by atoms with Gasteiger partial charge in [-0.25, -0.2) is 0 Å². The van der Waals surface area contributed by atoms with Gasteiger partial charge in [-0.15, -0.1) is 0 Å². The van der Waals surface area contributed by atoms with E-state index < -0.39 is 35.9 Å². The molecule has 1 saturated heterocycles. The van der Waals surface area contributed by atoms with Gasteiger partial charge in [0.15, 0.2) is 0 Å². The average Bonchev–Trinajstić information content (AvgIpc) is 3.50. The van der Waals surface area contributed by atoms with Gasteiger partial charge in [0.05, 0.1) is 17.8 Å². The summed E-state index contributed by atoms with van der Waals surface area (Å²) in [5.41, 5.74) is 9.79. The van der Waals surface area contributed by atoms with Crippen LogP contribution in [0.15, 0.2) is 59.8 Å². The smallest absolute Gasteiger partial charge is 0.310 e. The third kappa shape index (κ3) is 4.54. The van der Waals surface area contributed by atoms with Crippen LogP contribution in [0, 0.1) is 18.8 Å². The fourth-order valence-electron chi connectivity index (χ4n) is 4.77. The molecule has 1 amide bonds. The standard InChI is InChI=1S/C26H25N3O6/c1-14-10-16(18-4-2-3-5-20(18)28-14)12-33-17-8-6-15(7-9-17)21-11-22(35-29-21)19-13-34-24(25(27)30)23(19)26(31)32/h2-10,19,22-24H,11-13H2,1H3,(H2,27,30)(H,31,32). The summed E-state index contributed by atoms with van der Waals surface area (Å²) in [7, 11) is 0. The maximum absolute atomic E-state index is 11.7. The van der Waals surface area contributed by atoms with E-state index in [1.54, 1.807) is 0 Å². The Kier molecular flexibility index (Phi) is 6.08. The first kappa shape index (κ1) is 22.8. The molecule has 1 fully saturated rings. The monoisotopic (exact) mass is 475 g/mol. The molecule has 3 heterocycles. The molecule has 0 aliphatic carbocycles. The minimum atomic E-state index is -1.16. The van der Waals surface area contributed by atoms with Crippen LogP contribution in [0.5, 0.6) is 5.75 Å². The topological polar surface area (TPSA) is 133 Å². The van der Waals surface area contributed by atoms with Gasteiger partial charge < -0.3 is 25.2 Å². The summed E-state index contributed by atoms with van der Waals surface area (Å²) in [5, 5.41) is 14.8. The lowest BCUT2D eigenvalue weighted by Gasteiger charge is -2.20. The van der Waals surface area contributed by atoms with Gasteiger partial charge in [0.2, 0.25) is 5.91 Å². The number of carboxylic acid groups (broad SMARTS) is 1. The van der Waals surface area contributed by atoms with Crippen molar-refractivity contribution in [1.82, 2.24) is 4.98 Å². The molecule has 3 aromatic rings. The van der Waals surface area contributed by atoms with Gasteiger partial charge in [-0.2, -0.15) is 0 Å². The number of nitrogens with two attached hydrogens (primary N) is 1. The van der Waals surface area contributed by atoms with Crippen LogP contribution in [-0.2, 0) is 25.8 Å². The van der Waals surface area contributed by atoms with E-state index in [9.17, 15) is 14.7 Å². The molecule has 180 valence electrons. The Morgan fingerprint density at radius 2 is 1.94 bits per heavy atom. The zero-order chi connectivity index (χ0) is 24.5. The molecular weight excluding hydrogens is 450 g/mol. The number of primary amides is 1. The summed E-state index contributed by atoms with van der Waals surface area (Å²) in [4.78, 5) is 33.4. The van der Waals surface area contributed by atoms with Crippen LogP contribution in [0.25, 0.3) is 10.9 Å². The molecule has 4 atom stereocenters. The van der Waals surface area contributed by atoms with Crippen LogP contribution >= 0.6 is 0 Å². The summed E-state index contributed by atoms with van der Waals surface area (Å²) in [6.07, 6.45) is -1.26.